The van der Waals surface area contributed by atoms with E-state index in [2.05, 4.69) is 455 Å². The second kappa shape index (κ2) is 31.2. The van der Waals surface area contributed by atoms with Crippen molar-refractivity contribution in [2.45, 2.75) is 10.8 Å². The number of hydrogen-bond acceptors (Lipinski definition) is 8. The monoisotopic (exact) mass is 1750 g/mol. The summed E-state index contributed by atoms with van der Waals surface area (Å²) in [7, 11) is 0. The summed E-state index contributed by atoms with van der Waals surface area (Å²) >= 11 is 0. The molecule has 8 nitrogen and oxygen atoms in total. The molecule has 8 heterocycles. The molecule has 18 aromatic carbocycles. The van der Waals surface area contributed by atoms with Gasteiger partial charge in [-0.2, -0.15) is 0 Å². The van der Waals surface area contributed by atoms with Gasteiger partial charge in [-0.15, -0.1) is 0 Å². The number of aromatic nitrogens is 8. The van der Waals surface area contributed by atoms with Crippen molar-refractivity contribution >= 4 is 109 Å². The van der Waals surface area contributed by atoms with Crippen molar-refractivity contribution in [1.29, 1.82) is 0 Å². The number of fused-ring (bicyclic) bond motifs is 20. The third kappa shape index (κ3) is 12.2. The van der Waals surface area contributed by atoms with Crippen molar-refractivity contribution in [3.8, 4) is 123 Å². The summed E-state index contributed by atoms with van der Waals surface area (Å²) in [6, 6.07) is 170. The predicted octanol–water partition coefficient (Wildman–Crippen LogP) is 32.1. The Hall–Kier alpha value is -18.2. The minimum absolute atomic E-state index is 0.528. The van der Waals surface area contributed by atoms with Gasteiger partial charge in [-0.25, -0.2) is 34.9 Å². The van der Waals surface area contributed by atoms with E-state index in [1.165, 1.54) is 66.6 Å². The largest absolute Gasteiger partial charge is 0.256 e. The first-order valence-corrected chi connectivity index (χ1v) is 47.1. The fourth-order valence-corrected chi connectivity index (χ4v) is 22.8. The molecule has 0 N–H and O–H groups in total. The van der Waals surface area contributed by atoms with E-state index in [4.69, 9.17) is 39.9 Å². The molecule has 28 rings (SSSR count). The number of rotatable bonds is 13. The number of nitrogens with zero attached hydrogens (tertiary/aromatic N) is 8. The lowest BCUT2D eigenvalue weighted by Gasteiger charge is -2.34. The van der Waals surface area contributed by atoms with Gasteiger partial charge in [0.1, 0.15) is 0 Å². The molecule has 1 atom stereocenters. The Morgan fingerprint density at radius 2 is 0.536 bits per heavy atom. The molecule has 1 unspecified atom stereocenters. The van der Waals surface area contributed by atoms with E-state index in [0.29, 0.717) is 0 Å². The van der Waals surface area contributed by atoms with Crippen LogP contribution in [-0.4, -0.2) is 39.9 Å². The summed E-state index contributed by atoms with van der Waals surface area (Å²) in [5.41, 5.74) is 38.2. The van der Waals surface area contributed by atoms with Crippen molar-refractivity contribution < 1.29 is 0 Å². The average molecular weight is 1750 g/mol. The standard InChI is InChI=1S/C130H78N8/c1-6-25-81(26-7-1)115-67-57-86-52-53-87-59-71-120(137-125(87)124(86)133-115)100-66-65-95(127-101(100)39-24-72-131-127)79-44-48-84(49-45-79)122-108-75-107-97-36-17-21-41-111(97)130(93-33-14-5-15-34-93,113(107)77-105(108)99-38-19-22-42-118(99)135-122)94-62-54-80(55-63-94)103-78-121(82-27-8-2-9-28-82)138-128-102(103)64-56-88-58-68-117(134-126(88)128)90-61-70-116-89(73-90)60-69-114(132-116)83-46-50-85(51-47-83)123-109-74-106-96-35-16-20-40-110(96)129(91-29-10-3-11-30-91,92-31-12-4-13-32-92)112(106)76-104(109)98-37-18-23-43-119(98)136-123/h1-78H. The van der Waals surface area contributed by atoms with Crippen LogP contribution < -0.4 is 0 Å². The van der Waals surface area contributed by atoms with Crippen molar-refractivity contribution in [2.24, 2.45) is 0 Å². The average Bonchev–Trinajstić information content (AvgIpc) is 1.53. The van der Waals surface area contributed by atoms with Crippen LogP contribution in [0.4, 0.5) is 0 Å². The van der Waals surface area contributed by atoms with Gasteiger partial charge in [-0.3, -0.25) is 4.98 Å². The molecule has 638 valence electrons. The third-order valence-corrected chi connectivity index (χ3v) is 29.2. The highest BCUT2D eigenvalue weighted by Crippen LogP contribution is 2.61. The third-order valence-electron chi connectivity index (χ3n) is 29.2. The molecule has 2 aliphatic rings. The van der Waals surface area contributed by atoms with E-state index in [0.717, 1.165) is 210 Å². The lowest BCUT2D eigenvalue weighted by molar-refractivity contribution is 0.769. The summed E-state index contributed by atoms with van der Waals surface area (Å²) in [6.45, 7) is 0. The van der Waals surface area contributed by atoms with Gasteiger partial charge >= 0.3 is 0 Å². The lowest BCUT2D eigenvalue weighted by atomic mass is 9.67. The summed E-state index contributed by atoms with van der Waals surface area (Å²) in [4.78, 5) is 43.4. The zero-order valence-electron chi connectivity index (χ0n) is 74.6. The second-order valence-corrected chi connectivity index (χ2v) is 36.5. The molecule has 0 bridgehead atoms. The number of hydrogen-bond donors (Lipinski definition) is 0. The number of pyridine rings is 8. The molecule has 26 aromatic rings. The highest BCUT2D eigenvalue weighted by atomic mass is 14.8. The first-order chi connectivity index (χ1) is 68.4. The molecule has 2 aliphatic carbocycles. The topological polar surface area (TPSA) is 103 Å². The van der Waals surface area contributed by atoms with Crippen LogP contribution in [0.2, 0.25) is 0 Å². The van der Waals surface area contributed by atoms with Gasteiger partial charge in [0, 0.05) is 105 Å². The second-order valence-electron chi connectivity index (χ2n) is 36.5. The van der Waals surface area contributed by atoms with Gasteiger partial charge in [-0.1, -0.05) is 382 Å². The molecule has 0 radical (unpaired) electrons. The van der Waals surface area contributed by atoms with Crippen LogP contribution in [0.3, 0.4) is 0 Å². The van der Waals surface area contributed by atoms with Crippen LogP contribution in [0.25, 0.3) is 232 Å². The Kier molecular flexibility index (Phi) is 17.7. The summed E-state index contributed by atoms with van der Waals surface area (Å²) in [6.07, 6.45) is 1.89. The zero-order chi connectivity index (χ0) is 90.7. The lowest BCUT2D eigenvalue weighted by Crippen LogP contribution is -2.28. The van der Waals surface area contributed by atoms with Crippen LogP contribution in [0.15, 0.2) is 473 Å². The van der Waals surface area contributed by atoms with Gasteiger partial charge < -0.3 is 0 Å². The van der Waals surface area contributed by atoms with Gasteiger partial charge in [-0.05, 0) is 179 Å². The minimum Gasteiger partial charge on any atom is -0.256 e. The van der Waals surface area contributed by atoms with Crippen molar-refractivity contribution in [1.82, 2.24) is 39.9 Å². The molecular formula is C130H78N8. The quantitative estimate of drug-likeness (QED) is 0.105. The summed E-state index contributed by atoms with van der Waals surface area (Å²) in [5.74, 6) is 0. The molecule has 0 aliphatic heterocycles. The minimum atomic E-state index is -0.727. The first-order valence-electron chi connectivity index (χ1n) is 47.1. The van der Waals surface area contributed by atoms with Crippen LogP contribution in [0, 0.1) is 0 Å². The van der Waals surface area contributed by atoms with Crippen molar-refractivity contribution in [2.75, 3.05) is 0 Å². The highest BCUT2D eigenvalue weighted by molar-refractivity contribution is 6.17. The molecule has 0 saturated heterocycles. The molecule has 0 saturated carbocycles. The smallest absolute Gasteiger partial charge is 0.0978 e. The molecule has 0 spiro atoms. The Bertz CT molecular complexity index is 9510. The zero-order valence-corrected chi connectivity index (χ0v) is 74.6. The number of benzene rings is 18. The molecule has 0 amide bonds. The van der Waals surface area contributed by atoms with Gasteiger partial charge in [0.25, 0.3) is 0 Å². The van der Waals surface area contributed by atoms with E-state index in [9.17, 15) is 0 Å². The maximum atomic E-state index is 5.61. The molecule has 0 fully saturated rings. The van der Waals surface area contributed by atoms with Crippen molar-refractivity contribution in [3.63, 3.8) is 0 Å². The summed E-state index contributed by atoms with van der Waals surface area (Å²) < 4.78 is 0. The Morgan fingerprint density at radius 3 is 1.10 bits per heavy atom. The number of para-hydroxylation sites is 2. The van der Waals surface area contributed by atoms with Crippen LogP contribution >= 0.6 is 0 Å². The predicted molar refractivity (Wildman–Crippen MR) is 567 cm³/mol. The van der Waals surface area contributed by atoms with E-state index < -0.39 is 10.8 Å². The van der Waals surface area contributed by atoms with E-state index in [1.54, 1.807) is 0 Å². The Morgan fingerprint density at radius 1 is 0.152 bits per heavy atom. The van der Waals surface area contributed by atoms with E-state index in [-0.39, 0.29) is 0 Å². The van der Waals surface area contributed by atoms with Crippen LogP contribution in [0.1, 0.15) is 44.5 Å². The molecule has 8 heteroatoms. The summed E-state index contributed by atoms with van der Waals surface area (Å²) in [5, 5.41) is 12.9. The Balaban J connectivity index is 0.508. The first kappa shape index (κ1) is 78.4. The highest BCUT2D eigenvalue weighted by Gasteiger charge is 2.48. The normalized spacial score (nSPS) is 13.6. The van der Waals surface area contributed by atoms with E-state index >= 15 is 0 Å². The fraction of sp³-hybridized carbons (Fsp3) is 0.0154. The van der Waals surface area contributed by atoms with Gasteiger partial charge in [0.2, 0.25) is 0 Å². The maximum absolute atomic E-state index is 5.61. The van der Waals surface area contributed by atoms with Crippen LogP contribution in [0.5, 0.6) is 0 Å². The van der Waals surface area contributed by atoms with Gasteiger partial charge in [0.15, 0.2) is 0 Å². The van der Waals surface area contributed by atoms with Crippen molar-refractivity contribution in [3.05, 3.63) is 518 Å². The fourth-order valence-electron chi connectivity index (χ4n) is 22.8. The molecule has 8 aromatic heterocycles. The van der Waals surface area contributed by atoms with Gasteiger partial charge in [0.05, 0.1) is 94.8 Å². The Labute approximate surface area is 795 Å². The molecule has 138 heavy (non-hydrogen) atoms. The van der Waals surface area contributed by atoms with E-state index in [1.807, 2.05) is 18.3 Å². The maximum Gasteiger partial charge on any atom is 0.0978 e. The SMILES string of the molecule is c1ccc(-c2ccc3ccc4ccc(-c5ccc(-c6ccc(-c7nc8ccccc8c8cc9c(cc78)-c7ccccc7C9(c7ccccc7)c7ccc(-c8cc(-c9ccccc9)nc9c8ccc8ccc(-c%10ccc%11nc(-c%12ccc(-c%13nc%14ccccc%14c%14cc%15c(cc%13%14)-c%13ccccc%13C%15(c%13ccccc%13)c%13ccccc%13)cc%12)ccc%11c%10)nc89)cc7)cc6)c6ncccc56)nc4c3n2)cc1. The van der Waals surface area contributed by atoms with Crippen LogP contribution in [-0.2, 0) is 10.8 Å². The molecular weight excluding hydrogens is 1670 g/mol.